The van der Waals surface area contributed by atoms with Crippen molar-refractivity contribution in [3.63, 3.8) is 0 Å². The highest BCUT2D eigenvalue weighted by atomic mass is 31.2. The normalized spacial score (nSPS) is 6.95. The molecule has 0 saturated heterocycles. The van der Waals surface area contributed by atoms with Crippen molar-refractivity contribution in [3.05, 3.63) is 38.0 Å². The smallest absolute Gasteiger partial charge is 0.327 e. The number of carboxylic acids is 3. The lowest BCUT2D eigenvalue weighted by Crippen LogP contribution is -1.82. The topological polar surface area (TPSA) is 173 Å². The molecule has 0 atom stereocenters. The van der Waals surface area contributed by atoms with Crippen LogP contribution in [-0.2, 0) is 14.4 Å². The lowest BCUT2D eigenvalue weighted by atomic mass is 10.7. The number of carbonyl (C=O) groups is 3. The van der Waals surface area contributed by atoms with Crippen molar-refractivity contribution in [2.45, 2.75) is 0 Å². The molecule has 0 aliphatic carbocycles. The Hall–Kier alpha value is -2.06. The summed E-state index contributed by atoms with van der Waals surface area (Å²) < 4.78 is 0. The van der Waals surface area contributed by atoms with Gasteiger partial charge in [0.15, 0.2) is 0 Å². The molecule has 0 rings (SSSR count). The first-order valence-electron chi connectivity index (χ1n) is 3.97. The molecule has 10 heteroatoms. The van der Waals surface area contributed by atoms with E-state index in [4.69, 9.17) is 30.0 Å². The summed E-state index contributed by atoms with van der Waals surface area (Å²) >= 11 is 0. The monoisotopic (exact) mass is 298 g/mol. The highest BCUT2D eigenvalue weighted by Crippen LogP contribution is 2.11. The van der Waals surface area contributed by atoms with Crippen molar-refractivity contribution in [2.24, 2.45) is 0 Å². The van der Waals surface area contributed by atoms with Gasteiger partial charge in [0.05, 0.1) is 0 Å². The summed E-state index contributed by atoms with van der Waals surface area (Å²) in [5.74, 6) is -2.94. The third kappa shape index (κ3) is 200. The lowest BCUT2D eigenvalue weighted by molar-refractivity contribution is -0.132. The second-order valence-electron chi connectivity index (χ2n) is 1.90. The fraction of sp³-hybridized carbons (Fsp3) is 0. The molecular formula is C9H15O9P. The molecule has 110 valence electrons. The van der Waals surface area contributed by atoms with E-state index in [-0.39, 0.29) is 0 Å². The summed E-state index contributed by atoms with van der Waals surface area (Å²) in [5.41, 5.74) is 0. The van der Waals surface area contributed by atoms with E-state index in [0.29, 0.717) is 0 Å². The fourth-order valence-electron chi connectivity index (χ4n) is 0. The van der Waals surface area contributed by atoms with E-state index in [1.54, 1.807) is 0 Å². The summed E-state index contributed by atoms with van der Waals surface area (Å²) in [5, 5.41) is 22.8. The number of hydrogen-bond donors (Lipinski definition) is 6. The van der Waals surface area contributed by atoms with Gasteiger partial charge in [-0.15, -0.1) is 0 Å². The highest BCUT2D eigenvalue weighted by molar-refractivity contribution is 7.38. The van der Waals surface area contributed by atoms with E-state index in [1.165, 1.54) is 0 Å². The van der Waals surface area contributed by atoms with Gasteiger partial charge in [-0.1, -0.05) is 19.7 Å². The average molecular weight is 298 g/mol. The van der Waals surface area contributed by atoms with Crippen LogP contribution in [0.4, 0.5) is 0 Å². The predicted octanol–water partition coefficient (Wildman–Crippen LogP) is -0.0388. The summed E-state index contributed by atoms with van der Waals surface area (Å²) in [6.45, 7) is 8.88. The number of carboxylic acid groups (broad SMARTS) is 3. The van der Waals surface area contributed by atoms with E-state index in [1.807, 2.05) is 0 Å². The zero-order valence-electron chi connectivity index (χ0n) is 9.71. The molecule has 19 heavy (non-hydrogen) atoms. The Morgan fingerprint density at radius 1 is 0.684 bits per heavy atom. The van der Waals surface area contributed by atoms with Crippen LogP contribution in [0.5, 0.6) is 0 Å². The molecule has 0 unspecified atom stereocenters. The van der Waals surface area contributed by atoms with Gasteiger partial charge in [0.25, 0.3) is 0 Å². The van der Waals surface area contributed by atoms with Crippen LogP contribution in [0.2, 0.25) is 0 Å². The molecule has 0 saturated carbocycles. The van der Waals surface area contributed by atoms with Crippen LogP contribution in [-0.4, -0.2) is 47.9 Å². The van der Waals surface area contributed by atoms with Crippen LogP contribution >= 0.6 is 8.60 Å². The van der Waals surface area contributed by atoms with Crippen molar-refractivity contribution in [1.29, 1.82) is 0 Å². The Labute approximate surface area is 110 Å². The second-order valence-corrected chi connectivity index (χ2v) is 2.43. The van der Waals surface area contributed by atoms with Gasteiger partial charge in [-0.05, 0) is 0 Å². The maximum Gasteiger partial charge on any atom is 0.327 e. The molecule has 9 nitrogen and oxygen atoms in total. The molecule has 0 spiro atoms. The average Bonchev–Trinajstić information content (AvgIpc) is 2.29. The maximum absolute atomic E-state index is 9.25. The lowest BCUT2D eigenvalue weighted by Gasteiger charge is -1.76. The Kier molecular flexibility index (Phi) is 28.7. The molecule has 0 aromatic heterocycles. The van der Waals surface area contributed by atoms with Crippen molar-refractivity contribution in [1.82, 2.24) is 0 Å². The largest absolute Gasteiger partial charge is 0.478 e. The zero-order chi connectivity index (χ0) is 16.4. The molecule has 0 aliphatic heterocycles. The van der Waals surface area contributed by atoms with Crippen molar-refractivity contribution < 1.29 is 44.4 Å². The first kappa shape index (κ1) is 25.7. The Bertz CT molecular complexity index is 253. The predicted molar refractivity (Wildman–Crippen MR) is 67.1 cm³/mol. The minimum absolute atomic E-state index is 0.833. The molecule has 0 aromatic rings. The van der Waals surface area contributed by atoms with Gasteiger partial charge < -0.3 is 30.0 Å². The summed E-state index contributed by atoms with van der Waals surface area (Å²) in [7, 11) is -2.62. The van der Waals surface area contributed by atoms with Crippen molar-refractivity contribution in [2.75, 3.05) is 0 Å². The van der Waals surface area contributed by atoms with Crippen LogP contribution in [0.15, 0.2) is 38.0 Å². The van der Waals surface area contributed by atoms with E-state index < -0.39 is 26.5 Å². The third-order valence-corrected chi connectivity index (χ3v) is 0.524. The standard InChI is InChI=1S/3C3H4O2.H3O3P/c3*1-2-3(4)5;1-4(2)3/h3*2H,1H2,(H,4,5);1-3H. The van der Waals surface area contributed by atoms with Gasteiger partial charge in [-0.25, -0.2) is 14.4 Å². The minimum atomic E-state index is -2.62. The molecule has 0 fully saturated rings. The molecule has 0 amide bonds. The van der Waals surface area contributed by atoms with Crippen LogP contribution in [0.1, 0.15) is 0 Å². The maximum atomic E-state index is 9.25. The molecule has 6 N–H and O–H groups in total. The molecule has 0 radical (unpaired) electrons. The van der Waals surface area contributed by atoms with Crippen molar-refractivity contribution in [3.8, 4) is 0 Å². The van der Waals surface area contributed by atoms with Crippen molar-refractivity contribution >= 4 is 26.5 Å². The molecule has 0 heterocycles. The summed E-state index contributed by atoms with van der Waals surface area (Å²) in [6.07, 6.45) is 2.50. The summed E-state index contributed by atoms with van der Waals surface area (Å²) in [4.78, 5) is 49.4. The van der Waals surface area contributed by atoms with E-state index in [2.05, 4.69) is 19.7 Å². The van der Waals surface area contributed by atoms with E-state index >= 15 is 0 Å². The second kappa shape index (κ2) is 21.2. The first-order valence-corrected chi connectivity index (χ1v) is 5.17. The van der Waals surface area contributed by atoms with Gasteiger partial charge in [-0.2, -0.15) is 0 Å². The Balaban J connectivity index is -0.0000000793. The zero-order valence-corrected chi connectivity index (χ0v) is 10.6. The fourth-order valence-corrected chi connectivity index (χ4v) is 0. The number of aliphatic carboxylic acids is 3. The molecule has 0 bridgehead atoms. The quantitative estimate of drug-likeness (QED) is 0.308. The minimum Gasteiger partial charge on any atom is -0.478 e. The SMILES string of the molecule is C=CC(=O)O.C=CC(=O)O.C=CC(=O)O.OP(O)O. The van der Waals surface area contributed by atoms with Gasteiger partial charge in [0.2, 0.25) is 0 Å². The van der Waals surface area contributed by atoms with Crippen LogP contribution in [0, 0.1) is 0 Å². The van der Waals surface area contributed by atoms with E-state index in [0.717, 1.165) is 18.2 Å². The number of hydrogen-bond acceptors (Lipinski definition) is 6. The first-order chi connectivity index (χ1) is 8.54. The molecule has 0 aliphatic rings. The van der Waals surface area contributed by atoms with Gasteiger partial charge in [-0.3, -0.25) is 0 Å². The highest BCUT2D eigenvalue weighted by Gasteiger charge is 1.76. The molecular weight excluding hydrogens is 283 g/mol. The van der Waals surface area contributed by atoms with Gasteiger partial charge in [0.1, 0.15) is 0 Å². The summed E-state index contributed by atoms with van der Waals surface area (Å²) in [6, 6.07) is 0. The Morgan fingerprint density at radius 2 is 0.737 bits per heavy atom. The van der Waals surface area contributed by atoms with Crippen LogP contribution in [0.25, 0.3) is 0 Å². The molecule has 0 aromatic carbocycles. The van der Waals surface area contributed by atoms with Gasteiger partial charge >= 0.3 is 26.5 Å². The number of rotatable bonds is 3. The van der Waals surface area contributed by atoms with Gasteiger partial charge in [0, 0.05) is 18.2 Å². The van der Waals surface area contributed by atoms with Crippen LogP contribution < -0.4 is 0 Å². The van der Waals surface area contributed by atoms with E-state index in [9.17, 15) is 14.4 Å². The Morgan fingerprint density at radius 3 is 0.737 bits per heavy atom. The van der Waals surface area contributed by atoms with Crippen LogP contribution in [0.3, 0.4) is 0 Å². The third-order valence-electron chi connectivity index (χ3n) is 0.524.